The standard InChI is InChI=1S/C15H25N5OSi/c1-11-8-9-12(17-16-11)14-13(20(5)19-18-14)10-21-22(6,7)15(2,3)4/h8-9H,10H2,1-7H3. The van der Waals surface area contributed by atoms with Crippen molar-refractivity contribution in [3.8, 4) is 11.4 Å². The molecule has 0 atom stereocenters. The minimum absolute atomic E-state index is 0.169. The maximum absolute atomic E-state index is 6.29. The van der Waals surface area contributed by atoms with E-state index >= 15 is 0 Å². The zero-order valence-corrected chi connectivity index (χ0v) is 15.5. The summed E-state index contributed by atoms with van der Waals surface area (Å²) in [5, 5.41) is 16.8. The zero-order valence-electron chi connectivity index (χ0n) is 14.5. The van der Waals surface area contributed by atoms with Gasteiger partial charge in [-0.25, -0.2) is 4.68 Å². The average molecular weight is 319 g/mol. The first-order valence-electron chi connectivity index (χ1n) is 7.45. The molecule has 0 saturated heterocycles. The Hall–Kier alpha value is -1.60. The van der Waals surface area contributed by atoms with Gasteiger partial charge in [-0.3, -0.25) is 0 Å². The van der Waals surface area contributed by atoms with Gasteiger partial charge in [0.25, 0.3) is 0 Å². The Morgan fingerprint density at radius 2 is 1.82 bits per heavy atom. The van der Waals surface area contributed by atoms with Gasteiger partial charge >= 0.3 is 0 Å². The predicted molar refractivity (Wildman–Crippen MR) is 88.8 cm³/mol. The molecule has 0 unspecified atom stereocenters. The fraction of sp³-hybridized carbons (Fsp3) is 0.600. The highest BCUT2D eigenvalue weighted by Gasteiger charge is 2.37. The van der Waals surface area contributed by atoms with Crippen LogP contribution in [0.1, 0.15) is 32.2 Å². The van der Waals surface area contributed by atoms with Crippen molar-refractivity contribution in [1.29, 1.82) is 0 Å². The number of aromatic nitrogens is 5. The molecule has 0 N–H and O–H groups in total. The van der Waals surface area contributed by atoms with E-state index in [4.69, 9.17) is 4.43 Å². The Morgan fingerprint density at radius 3 is 2.36 bits per heavy atom. The van der Waals surface area contributed by atoms with E-state index in [1.54, 1.807) is 4.68 Å². The van der Waals surface area contributed by atoms with Crippen molar-refractivity contribution in [2.45, 2.75) is 52.4 Å². The Morgan fingerprint density at radius 1 is 1.14 bits per heavy atom. The molecular weight excluding hydrogens is 294 g/mol. The van der Waals surface area contributed by atoms with Crippen LogP contribution in [0.25, 0.3) is 11.4 Å². The van der Waals surface area contributed by atoms with Crippen LogP contribution in [0, 0.1) is 6.92 Å². The van der Waals surface area contributed by atoms with Gasteiger partial charge in [0, 0.05) is 7.05 Å². The summed E-state index contributed by atoms with van der Waals surface area (Å²) in [6.07, 6.45) is 0. The van der Waals surface area contributed by atoms with Crippen molar-refractivity contribution in [1.82, 2.24) is 25.2 Å². The lowest BCUT2D eigenvalue weighted by molar-refractivity contribution is 0.267. The minimum Gasteiger partial charge on any atom is -0.411 e. The van der Waals surface area contributed by atoms with Crippen molar-refractivity contribution in [2.24, 2.45) is 7.05 Å². The van der Waals surface area contributed by atoms with Crippen molar-refractivity contribution >= 4 is 8.32 Å². The van der Waals surface area contributed by atoms with Crippen LogP contribution in [0.5, 0.6) is 0 Å². The van der Waals surface area contributed by atoms with Gasteiger partial charge in [-0.2, -0.15) is 5.10 Å². The summed E-state index contributed by atoms with van der Waals surface area (Å²) in [5.41, 5.74) is 3.29. The van der Waals surface area contributed by atoms with E-state index in [0.717, 1.165) is 22.8 Å². The van der Waals surface area contributed by atoms with Crippen LogP contribution in [-0.2, 0) is 18.1 Å². The van der Waals surface area contributed by atoms with E-state index in [0.29, 0.717) is 6.61 Å². The molecule has 120 valence electrons. The number of aryl methyl sites for hydroxylation is 2. The second-order valence-corrected chi connectivity index (χ2v) is 11.9. The highest BCUT2D eigenvalue weighted by Crippen LogP contribution is 2.37. The summed E-state index contributed by atoms with van der Waals surface area (Å²) in [6.45, 7) is 13.6. The SMILES string of the molecule is Cc1ccc(-c2nnn(C)c2CO[Si](C)(C)C(C)(C)C)nn1. The molecule has 0 amide bonds. The van der Waals surface area contributed by atoms with E-state index in [-0.39, 0.29) is 5.04 Å². The van der Waals surface area contributed by atoms with E-state index < -0.39 is 8.32 Å². The fourth-order valence-electron chi connectivity index (χ4n) is 1.73. The van der Waals surface area contributed by atoms with Crippen LogP contribution >= 0.6 is 0 Å². The second-order valence-electron chi connectivity index (χ2n) is 7.12. The number of hydrogen-bond donors (Lipinski definition) is 0. The molecule has 0 aliphatic rings. The largest absolute Gasteiger partial charge is 0.411 e. The lowest BCUT2D eigenvalue weighted by atomic mass is 10.2. The van der Waals surface area contributed by atoms with Crippen molar-refractivity contribution in [3.05, 3.63) is 23.5 Å². The smallest absolute Gasteiger partial charge is 0.192 e. The Bertz CT molecular complexity index is 643. The van der Waals surface area contributed by atoms with E-state index in [1.807, 2.05) is 26.1 Å². The monoisotopic (exact) mass is 319 g/mol. The summed E-state index contributed by atoms with van der Waals surface area (Å²) in [5.74, 6) is 0. The molecule has 2 heterocycles. The molecule has 6 nitrogen and oxygen atoms in total. The molecule has 0 bridgehead atoms. The number of hydrogen-bond acceptors (Lipinski definition) is 5. The number of nitrogens with zero attached hydrogens (tertiary/aromatic N) is 5. The van der Waals surface area contributed by atoms with Gasteiger partial charge in [0.15, 0.2) is 8.32 Å². The van der Waals surface area contributed by atoms with Crippen LogP contribution in [0.15, 0.2) is 12.1 Å². The normalized spacial score (nSPS) is 12.7. The fourth-order valence-corrected chi connectivity index (χ4v) is 2.66. The van der Waals surface area contributed by atoms with Crippen LogP contribution in [0.2, 0.25) is 18.1 Å². The zero-order chi connectivity index (χ0) is 16.5. The van der Waals surface area contributed by atoms with Crippen molar-refractivity contribution < 1.29 is 4.43 Å². The first-order chi connectivity index (χ1) is 10.1. The third kappa shape index (κ3) is 3.41. The van der Waals surface area contributed by atoms with E-state index in [1.165, 1.54) is 0 Å². The van der Waals surface area contributed by atoms with Crippen LogP contribution in [0.3, 0.4) is 0 Å². The third-order valence-corrected chi connectivity index (χ3v) is 8.84. The summed E-state index contributed by atoms with van der Waals surface area (Å²) >= 11 is 0. The van der Waals surface area contributed by atoms with Gasteiger partial charge in [-0.1, -0.05) is 26.0 Å². The lowest BCUT2D eigenvalue weighted by Crippen LogP contribution is -2.40. The van der Waals surface area contributed by atoms with Gasteiger partial charge in [0.2, 0.25) is 0 Å². The molecule has 2 rings (SSSR count). The molecule has 0 fully saturated rings. The summed E-state index contributed by atoms with van der Waals surface area (Å²) in [6, 6.07) is 3.84. The first kappa shape index (κ1) is 16.8. The van der Waals surface area contributed by atoms with Crippen LogP contribution < -0.4 is 0 Å². The molecule has 7 heteroatoms. The van der Waals surface area contributed by atoms with Crippen LogP contribution in [-0.4, -0.2) is 33.5 Å². The van der Waals surface area contributed by atoms with E-state index in [9.17, 15) is 0 Å². The molecule has 0 aliphatic heterocycles. The van der Waals surface area contributed by atoms with Gasteiger partial charge in [0.05, 0.1) is 18.0 Å². The predicted octanol–water partition coefficient (Wildman–Crippen LogP) is 3.10. The maximum Gasteiger partial charge on any atom is 0.192 e. The first-order valence-corrected chi connectivity index (χ1v) is 10.4. The molecule has 0 radical (unpaired) electrons. The van der Waals surface area contributed by atoms with Gasteiger partial charge in [0.1, 0.15) is 11.4 Å². The highest BCUT2D eigenvalue weighted by atomic mass is 28.4. The quantitative estimate of drug-likeness (QED) is 0.810. The molecular formula is C15H25N5OSi. The minimum atomic E-state index is -1.82. The maximum atomic E-state index is 6.29. The lowest BCUT2D eigenvalue weighted by Gasteiger charge is -2.36. The van der Waals surface area contributed by atoms with Gasteiger partial charge in [-0.15, -0.1) is 10.2 Å². The second kappa shape index (κ2) is 5.89. The van der Waals surface area contributed by atoms with Gasteiger partial charge < -0.3 is 4.43 Å². The topological polar surface area (TPSA) is 65.7 Å². The third-order valence-electron chi connectivity index (χ3n) is 4.36. The summed E-state index contributed by atoms with van der Waals surface area (Å²) in [4.78, 5) is 0. The number of rotatable bonds is 4. The molecule has 0 aromatic carbocycles. The molecule has 22 heavy (non-hydrogen) atoms. The Labute approximate surface area is 133 Å². The summed E-state index contributed by atoms with van der Waals surface area (Å²) < 4.78 is 8.05. The molecule has 0 saturated carbocycles. The van der Waals surface area contributed by atoms with Gasteiger partial charge in [-0.05, 0) is 37.2 Å². The highest BCUT2D eigenvalue weighted by molar-refractivity contribution is 6.74. The van der Waals surface area contributed by atoms with E-state index in [2.05, 4.69) is 54.4 Å². The molecule has 2 aromatic heterocycles. The average Bonchev–Trinajstić information content (AvgIpc) is 2.77. The Kier molecular flexibility index (Phi) is 4.48. The van der Waals surface area contributed by atoms with Crippen molar-refractivity contribution in [3.63, 3.8) is 0 Å². The summed E-state index contributed by atoms with van der Waals surface area (Å²) in [7, 11) is 0.0557. The van der Waals surface area contributed by atoms with Crippen LogP contribution in [0.4, 0.5) is 0 Å². The molecule has 2 aromatic rings. The Balaban J connectivity index is 2.26. The molecule has 0 aliphatic carbocycles. The molecule has 0 spiro atoms. The van der Waals surface area contributed by atoms with Crippen molar-refractivity contribution in [2.75, 3.05) is 0 Å².